The zero-order chi connectivity index (χ0) is 15.5. The fraction of sp³-hybridized carbons (Fsp3) is 0.529. The third-order valence-electron chi connectivity index (χ3n) is 4.65. The number of methoxy groups -OCH3 is 1. The summed E-state index contributed by atoms with van der Waals surface area (Å²) in [6.07, 6.45) is 2.64. The topological polar surface area (TPSA) is 58.6 Å². The maximum atomic E-state index is 12.6. The Morgan fingerprint density at radius 1 is 1.18 bits per heavy atom. The smallest absolute Gasteiger partial charge is 0.310 e. The molecule has 2 fully saturated rings. The number of carbonyl (C=O) groups is 2. The van der Waals surface area contributed by atoms with Crippen LogP contribution in [0.2, 0.25) is 0 Å². The molecule has 0 radical (unpaired) electrons. The van der Waals surface area contributed by atoms with Gasteiger partial charge in [0.15, 0.2) is 0 Å². The SMILES string of the molecule is COC(=O)[C@@H]1C[C@H](C(=O)N2CCCC2)N[C@@H]1c1ccccc1. The molecule has 1 aromatic carbocycles. The Hall–Kier alpha value is -1.88. The van der Waals surface area contributed by atoms with Crippen molar-refractivity contribution in [1.82, 2.24) is 10.2 Å². The fourth-order valence-corrected chi connectivity index (χ4v) is 3.49. The number of hydrogen-bond donors (Lipinski definition) is 1. The van der Waals surface area contributed by atoms with E-state index in [-0.39, 0.29) is 29.9 Å². The summed E-state index contributed by atoms with van der Waals surface area (Å²) in [4.78, 5) is 26.6. The summed E-state index contributed by atoms with van der Waals surface area (Å²) >= 11 is 0. The number of nitrogens with zero attached hydrogens (tertiary/aromatic N) is 1. The van der Waals surface area contributed by atoms with Gasteiger partial charge >= 0.3 is 5.97 Å². The molecule has 5 heteroatoms. The van der Waals surface area contributed by atoms with Crippen molar-refractivity contribution >= 4 is 11.9 Å². The minimum atomic E-state index is -0.316. The number of nitrogens with one attached hydrogen (secondary N) is 1. The number of carbonyl (C=O) groups excluding carboxylic acids is 2. The average Bonchev–Trinajstić information content (AvgIpc) is 3.24. The molecule has 1 amide bonds. The molecular weight excluding hydrogens is 280 g/mol. The van der Waals surface area contributed by atoms with Crippen LogP contribution in [0.1, 0.15) is 30.9 Å². The Kier molecular flexibility index (Phi) is 4.43. The number of ether oxygens (including phenoxy) is 1. The van der Waals surface area contributed by atoms with E-state index in [1.54, 1.807) is 0 Å². The van der Waals surface area contributed by atoms with E-state index in [4.69, 9.17) is 4.74 Å². The molecule has 1 N–H and O–H groups in total. The number of hydrogen-bond acceptors (Lipinski definition) is 4. The van der Waals surface area contributed by atoms with Crippen molar-refractivity contribution in [3.05, 3.63) is 35.9 Å². The van der Waals surface area contributed by atoms with Gasteiger partial charge in [-0.3, -0.25) is 14.9 Å². The van der Waals surface area contributed by atoms with Crippen LogP contribution in [0.3, 0.4) is 0 Å². The van der Waals surface area contributed by atoms with E-state index >= 15 is 0 Å². The highest BCUT2D eigenvalue weighted by atomic mass is 16.5. The molecule has 3 atom stereocenters. The van der Waals surface area contributed by atoms with E-state index in [0.29, 0.717) is 6.42 Å². The van der Waals surface area contributed by atoms with Crippen LogP contribution in [0.15, 0.2) is 30.3 Å². The maximum Gasteiger partial charge on any atom is 0.310 e. The van der Waals surface area contributed by atoms with Crippen LogP contribution in [0.5, 0.6) is 0 Å². The molecule has 118 valence electrons. The Bertz CT molecular complexity index is 540. The lowest BCUT2D eigenvalue weighted by atomic mass is 9.93. The highest BCUT2D eigenvalue weighted by molar-refractivity contribution is 5.84. The van der Waals surface area contributed by atoms with Crippen molar-refractivity contribution in [3.63, 3.8) is 0 Å². The zero-order valence-electron chi connectivity index (χ0n) is 12.8. The predicted molar refractivity (Wildman–Crippen MR) is 82.0 cm³/mol. The van der Waals surface area contributed by atoms with Gasteiger partial charge in [0.25, 0.3) is 0 Å². The van der Waals surface area contributed by atoms with Gasteiger partial charge in [-0.05, 0) is 24.8 Å². The second kappa shape index (κ2) is 6.48. The summed E-state index contributed by atoms with van der Waals surface area (Å²) in [6.45, 7) is 1.66. The Balaban J connectivity index is 1.79. The first kappa shape index (κ1) is 15.0. The van der Waals surface area contributed by atoms with Crippen LogP contribution in [-0.2, 0) is 14.3 Å². The molecule has 0 aliphatic carbocycles. The molecule has 5 nitrogen and oxygen atoms in total. The van der Waals surface area contributed by atoms with E-state index in [1.165, 1.54) is 7.11 Å². The third-order valence-corrected chi connectivity index (χ3v) is 4.65. The molecule has 3 rings (SSSR count). The average molecular weight is 302 g/mol. The van der Waals surface area contributed by atoms with Crippen LogP contribution in [-0.4, -0.2) is 43.0 Å². The number of amides is 1. The summed E-state index contributed by atoms with van der Waals surface area (Å²) in [7, 11) is 1.40. The van der Waals surface area contributed by atoms with Crippen LogP contribution < -0.4 is 5.32 Å². The molecule has 0 spiro atoms. The summed E-state index contributed by atoms with van der Waals surface area (Å²) in [5, 5.41) is 3.36. The highest BCUT2D eigenvalue weighted by Crippen LogP contribution is 2.34. The highest BCUT2D eigenvalue weighted by Gasteiger charge is 2.43. The van der Waals surface area contributed by atoms with Crippen LogP contribution in [0.4, 0.5) is 0 Å². The van der Waals surface area contributed by atoms with E-state index in [2.05, 4.69) is 5.32 Å². The zero-order valence-corrected chi connectivity index (χ0v) is 12.8. The molecule has 0 unspecified atom stereocenters. The van der Waals surface area contributed by atoms with Crippen molar-refractivity contribution < 1.29 is 14.3 Å². The standard InChI is InChI=1S/C17H22N2O3/c1-22-17(21)13-11-14(16(20)19-9-5-6-10-19)18-15(13)12-7-3-2-4-8-12/h2-4,7-8,13-15,18H,5-6,9-11H2,1H3/t13-,14-,15-/m1/s1. The molecule has 0 aromatic heterocycles. The lowest BCUT2D eigenvalue weighted by molar-refractivity contribution is -0.145. The van der Waals surface area contributed by atoms with Gasteiger partial charge in [0.2, 0.25) is 5.91 Å². The molecule has 2 aliphatic heterocycles. The van der Waals surface area contributed by atoms with Crippen molar-refractivity contribution in [2.24, 2.45) is 5.92 Å². The molecule has 0 saturated carbocycles. The van der Waals surface area contributed by atoms with Gasteiger partial charge in [0, 0.05) is 19.1 Å². The largest absolute Gasteiger partial charge is 0.469 e. The first-order valence-corrected chi connectivity index (χ1v) is 7.88. The van der Waals surface area contributed by atoms with Gasteiger partial charge in [-0.15, -0.1) is 0 Å². The molecule has 2 aliphatic rings. The molecule has 22 heavy (non-hydrogen) atoms. The van der Waals surface area contributed by atoms with E-state index < -0.39 is 0 Å². The molecule has 0 bridgehead atoms. The van der Waals surface area contributed by atoms with Crippen molar-refractivity contribution in [1.29, 1.82) is 0 Å². The third kappa shape index (κ3) is 2.86. The van der Waals surface area contributed by atoms with Gasteiger partial charge in [0.1, 0.15) is 0 Å². The van der Waals surface area contributed by atoms with Gasteiger partial charge in [-0.1, -0.05) is 30.3 Å². The number of esters is 1. The summed E-state index contributed by atoms with van der Waals surface area (Å²) in [5.41, 5.74) is 1.02. The predicted octanol–water partition coefficient (Wildman–Crippen LogP) is 1.50. The number of rotatable bonds is 3. The van der Waals surface area contributed by atoms with E-state index in [0.717, 1.165) is 31.5 Å². The lowest BCUT2D eigenvalue weighted by Crippen LogP contribution is -2.42. The Morgan fingerprint density at radius 2 is 1.86 bits per heavy atom. The summed E-state index contributed by atoms with van der Waals surface area (Å²) in [6, 6.07) is 9.34. The first-order chi connectivity index (χ1) is 10.7. The molecule has 1 aromatic rings. The van der Waals surface area contributed by atoms with Crippen molar-refractivity contribution in [3.8, 4) is 0 Å². The molecular formula is C17H22N2O3. The van der Waals surface area contributed by atoms with E-state index in [1.807, 2.05) is 35.2 Å². The maximum absolute atomic E-state index is 12.6. The van der Waals surface area contributed by atoms with Crippen LogP contribution in [0.25, 0.3) is 0 Å². The van der Waals surface area contributed by atoms with E-state index in [9.17, 15) is 9.59 Å². The first-order valence-electron chi connectivity index (χ1n) is 7.88. The van der Waals surface area contributed by atoms with Crippen molar-refractivity contribution in [2.75, 3.05) is 20.2 Å². The summed E-state index contributed by atoms with van der Waals surface area (Å²) < 4.78 is 4.94. The van der Waals surface area contributed by atoms with Gasteiger partial charge in [-0.25, -0.2) is 0 Å². The minimum absolute atomic E-state index is 0.116. The quantitative estimate of drug-likeness (QED) is 0.860. The van der Waals surface area contributed by atoms with Gasteiger partial charge in [0.05, 0.1) is 19.1 Å². The summed E-state index contributed by atoms with van der Waals surface area (Å²) in [5.74, 6) is -0.452. The lowest BCUT2D eigenvalue weighted by Gasteiger charge is -2.21. The van der Waals surface area contributed by atoms with Crippen LogP contribution in [0, 0.1) is 5.92 Å². The fourth-order valence-electron chi connectivity index (χ4n) is 3.49. The van der Waals surface area contributed by atoms with Crippen LogP contribution >= 0.6 is 0 Å². The Morgan fingerprint density at radius 3 is 2.50 bits per heavy atom. The normalized spacial score (nSPS) is 27.9. The second-order valence-electron chi connectivity index (χ2n) is 6.01. The molecule has 2 saturated heterocycles. The van der Waals surface area contributed by atoms with Gasteiger partial charge in [-0.2, -0.15) is 0 Å². The van der Waals surface area contributed by atoms with Crippen molar-refractivity contribution in [2.45, 2.75) is 31.3 Å². The minimum Gasteiger partial charge on any atom is -0.469 e. The molecule has 2 heterocycles. The monoisotopic (exact) mass is 302 g/mol. The second-order valence-corrected chi connectivity index (χ2v) is 6.01. The number of benzene rings is 1. The number of likely N-dealkylation sites (tertiary alicyclic amines) is 1. The Labute approximate surface area is 130 Å². The van der Waals surface area contributed by atoms with Gasteiger partial charge < -0.3 is 9.64 Å².